The number of piperidine rings is 1. The second-order valence-electron chi connectivity index (χ2n) is 2.84. The molecule has 1 aliphatic heterocycles. The third-order valence-electron chi connectivity index (χ3n) is 1.99. The Kier molecular flexibility index (Phi) is 2.12. The molecule has 0 bridgehead atoms. The second-order valence-corrected chi connectivity index (χ2v) is 2.84. The number of amides is 1. The lowest BCUT2D eigenvalue weighted by Gasteiger charge is -2.25. The molecule has 0 saturated carbocycles. The van der Waals surface area contributed by atoms with E-state index in [1.54, 1.807) is 6.92 Å². The summed E-state index contributed by atoms with van der Waals surface area (Å²) in [5, 5.41) is 11.2. The Balaban J connectivity index is 2.57. The van der Waals surface area contributed by atoms with E-state index >= 15 is 0 Å². The van der Waals surface area contributed by atoms with Crippen molar-refractivity contribution in [2.45, 2.75) is 25.8 Å². The average Bonchev–Trinajstić information content (AvgIpc) is 1.85. The van der Waals surface area contributed by atoms with Gasteiger partial charge in [-0.2, -0.15) is 0 Å². The normalized spacial score (nSPS) is 31.2. The van der Waals surface area contributed by atoms with Gasteiger partial charge in [0, 0.05) is 12.5 Å². The van der Waals surface area contributed by atoms with Crippen molar-refractivity contribution < 1.29 is 14.7 Å². The first-order valence-corrected chi connectivity index (χ1v) is 3.63. The number of nitrogens with one attached hydrogen (secondary N) is 1. The molecule has 0 spiro atoms. The lowest BCUT2D eigenvalue weighted by molar-refractivity contribution is -0.144. The standard InChI is InChI=1S/C7H11NO3/c1-4-5(7(10)11)2-3-6(9)8-4/h4-5H,2-3H2,1H3,(H,8,9)(H,10,11). The number of aliphatic carboxylic acids is 1. The van der Waals surface area contributed by atoms with Crippen molar-refractivity contribution in [1.29, 1.82) is 0 Å². The van der Waals surface area contributed by atoms with E-state index in [1.807, 2.05) is 0 Å². The number of carbonyl (C=O) groups excluding carboxylic acids is 1. The fraction of sp³-hybridized carbons (Fsp3) is 0.714. The molecule has 62 valence electrons. The van der Waals surface area contributed by atoms with Gasteiger partial charge in [-0.1, -0.05) is 0 Å². The van der Waals surface area contributed by atoms with E-state index in [0.29, 0.717) is 12.8 Å². The summed E-state index contributed by atoms with van der Waals surface area (Å²) in [5.41, 5.74) is 0. The van der Waals surface area contributed by atoms with Gasteiger partial charge in [-0.3, -0.25) is 9.59 Å². The van der Waals surface area contributed by atoms with Crippen LogP contribution in [-0.4, -0.2) is 23.0 Å². The molecule has 11 heavy (non-hydrogen) atoms. The van der Waals surface area contributed by atoms with Gasteiger partial charge in [-0.05, 0) is 13.3 Å². The first kappa shape index (κ1) is 8.04. The molecule has 2 atom stereocenters. The highest BCUT2D eigenvalue weighted by Crippen LogP contribution is 2.16. The van der Waals surface area contributed by atoms with Gasteiger partial charge in [0.05, 0.1) is 5.92 Å². The zero-order valence-corrected chi connectivity index (χ0v) is 6.33. The molecule has 0 aromatic carbocycles. The minimum atomic E-state index is -0.822. The molecule has 0 aliphatic carbocycles. The Morgan fingerprint density at radius 3 is 2.82 bits per heavy atom. The fourth-order valence-corrected chi connectivity index (χ4v) is 1.30. The Labute approximate surface area is 64.6 Å². The van der Waals surface area contributed by atoms with Crippen LogP contribution in [0.25, 0.3) is 0 Å². The van der Waals surface area contributed by atoms with E-state index in [9.17, 15) is 9.59 Å². The molecule has 0 aromatic rings. The van der Waals surface area contributed by atoms with Crippen LogP contribution in [0.3, 0.4) is 0 Å². The summed E-state index contributed by atoms with van der Waals surface area (Å²) in [6.45, 7) is 1.72. The summed E-state index contributed by atoms with van der Waals surface area (Å²) in [6, 6.07) is -0.228. The summed E-state index contributed by atoms with van der Waals surface area (Å²) >= 11 is 0. The van der Waals surface area contributed by atoms with Crippen LogP contribution in [0.4, 0.5) is 0 Å². The molecule has 4 nitrogen and oxygen atoms in total. The quantitative estimate of drug-likeness (QED) is 0.562. The highest BCUT2D eigenvalue weighted by Gasteiger charge is 2.30. The van der Waals surface area contributed by atoms with Crippen LogP contribution in [0.15, 0.2) is 0 Å². The van der Waals surface area contributed by atoms with Crippen LogP contribution in [0.2, 0.25) is 0 Å². The van der Waals surface area contributed by atoms with Crippen molar-refractivity contribution in [2.75, 3.05) is 0 Å². The van der Waals surface area contributed by atoms with Gasteiger partial charge in [0.2, 0.25) is 5.91 Å². The maximum Gasteiger partial charge on any atom is 0.308 e. The van der Waals surface area contributed by atoms with Gasteiger partial charge < -0.3 is 10.4 Å². The molecule has 0 radical (unpaired) electrons. The molecule has 1 aliphatic rings. The first-order chi connectivity index (χ1) is 5.11. The zero-order valence-electron chi connectivity index (χ0n) is 6.33. The van der Waals surface area contributed by atoms with Crippen LogP contribution in [0, 0.1) is 5.92 Å². The topological polar surface area (TPSA) is 66.4 Å². The van der Waals surface area contributed by atoms with E-state index in [4.69, 9.17) is 5.11 Å². The molecular weight excluding hydrogens is 146 g/mol. The van der Waals surface area contributed by atoms with E-state index in [2.05, 4.69) is 5.32 Å². The SMILES string of the molecule is CC1NC(=O)CCC1C(=O)O. The van der Waals surface area contributed by atoms with Gasteiger partial charge in [-0.15, -0.1) is 0 Å². The molecule has 1 fully saturated rings. The summed E-state index contributed by atoms with van der Waals surface area (Å²) in [7, 11) is 0. The lowest BCUT2D eigenvalue weighted by Crippen LogP contribution is -2.45. The lowest BCUT2D eigenvalue weighted by atomic mass is 9.92. The number of carboxylic acids is 1. The molecule has 0 aromatic heterocycles. The molecule has 1 rings (SSSR count). The van der Waals surface area contributed by atoms with Crippen molar-refractivity contribution in [3.05, 3.63) is 0 Å². The maximum atomic E-state index is 10.7. The second kappa shape index (κ2) is 2.90. The Morgan fingerprint density at radius 2 is 2.36 bits per heavy atom. The summed E-state index contributed by atoms with van der Waals surface area (Å²) in [6.07, 6.45) is 0.795. The molecule has 1 heterocycles. The smallest absolute Gasteiger partial charge is 0.308 e. The molecular formula is C7H11NO3. The Hall–Kier alpha value is -1.06. The number of hydrogen-bond donors (Lipinski definition) is 2. The summed E-state index contributed by atoms with van der Waals surface area (Å²) in [5.74, 6) is -1.28. The van der Waals surface area contributed by atoms with E-state index in [1.165, 1.54) is 0 Å². The van der Waals surface area contributed by atoms with Gasteiger partial charge >= 0.3 is 5.97 Å². The predicted octanol–water partition coefficient (Wildman–Crippen LogP) is -0.0143. The maximum absolute atomic E-state index is 10.7. The van der Waals surface area contributed by atoms with E-state index in [0.717, 1.165) is 0 Å². The monoisotopic (exact) mass is 157 g/mol. The van der Waals surface area contributed by atoms with Gasteiger partial charge in [0.15, 0.2) is 0 Å². The van der Waals surface area contributed by atoms with Crippen molar-refractivity contribution in [1.82, 2.24) is 5.32 Å². The highest BCUT2D eigenvalue weighted by atomic mass is 16.4. The number of hydrogen-bond acceptors (Lipinski definition) is 2. The minimum Gasteiger partial charge on any atom is -0.481 e. The van der Waals surface area contributed by atoms with Crippen LogP contribution >= 0.6 is 0 Å². The van der Waals surface area contributed by atoms with E-state index in [-0.39, 0.29) is 11.9 Å². The molecule has 2 N–H and O–H groups in total. The summed E-state index contributed by atoms with van der Waals surface area (Å²) in [4.78, 5) is 21.3. The third kappa shape index (κ3) is 1.69. The van der Waals surface area contributed by atoms with Gasteiger partial charge in [0.25, 0.3) is 0 Å². The zero-order chi connectivity index (χ0) is 8.43. The fourth-order valence-electron chi connectivity index (χ4n) is 1.30. The van der Waals surface area contributed by atoms with Crippen LogP contribution in [0.1, 0.15) is 19.8 Å². The van der Waals surface area contributed by atoms with Crippen LogP contribution in [-0.2, 0) is 9.59 Å². The summed E-state index contributed by atoms with van der Waals surface area (Å²) < 4.78 is 0. The van der Waals surface area contributed by atoms with Crippen LogP contribution in [0.5, 0.6) is 0 Å². The molecule has 4 heteroatoms. The first-order valence-electron chi connectivity index (χ1n) is 3.63. The van der Waals surface area contributed by atoms with E-state index < -0.39 is 11.9 Å². The van der Waals surface area contributed by atoms with Crippen molar-refractivity contribution in [3.8, 4) is 0 Å². The molecule has 1 amide bonds. The third-order valence-corrected chi connectivity index (χ3v) is 1.99. The van der Waals surface area contributed by atoms with Gasteiger partial charge in [0.1, 0.15) is 0 Å². The molecule has 2 unspecified atom stereocenters. The number of carbonyl (C=O) groups is 2. The average molecular weight is 157 g/mol. The largest absolute Gasteiger partial charge is 0.481 e. The number of carboxylic acid groups (broad SMARTS) is 1. The van der Waals surface area contributed by atoms with Crippen LogP contribution < -0.4 is 5.32 Å². The minimum absolute atomic E-state index is 0.0463. The molecule has 1 saturated heterocycles. The Morgan fingerprint density at radius 1 is 1.73 bits per heavy atom. The predicted molar refractivity (Wildman–Crippen MR) is 38.0 cm³/mol. The van der Waals surface area contributed by atoms with Crippen molar-refractivity contribution in [3.63, 3.8) is 0 Å². The Bertz CT molecular complexity index is 190. The van der Waals surface area contributed by atoms with Crippen molar-refractivity contribution in [2.24, 2.45) is 5.92 Å². The highest BCUT2D eigenvalue weighted by molar-refractivity contribution is 5.81. The van der Waals surface area contributed by atoms with Crippen molar-refractivity contribution >= 4 is 11.9 Å². The number of rotatable bonds is 1. The van der Waals surface area contributed by atoms with Gasteiger partial charge in [-0.25, -0.2) is 0 Å².